The van der Waals surface area contributed by atoms with Crippen LogP contribution in [0.15, 0.2) is 97.2 Å². The largest absolute Gasteiger partial charge is 0.462 e. The number of ether oxygens (including phenoxy) is 3. The van der Waals surface area contributed by atoms with Gasteiger partial charge in [0.1, 0.15) is 13.2 Å². The molecule has 0 aliphatic rings. The van der Waals surface area contributed by atoms with Gasteiger partial charge >= 0.3 is 17.9 Å². The monoisotopic (exact) mass is 1100 g/mol. The summed E-state index contributed by atoms with van der Waals surface area (Å²) in [6.07, 6.45) is 89.9. The Morgan fingerprint density at radius 2 is 0.494 bits per heavy atom. The highest BCUT2D eigenvalue weighted by Gasteiger charge is 2.19. The number of rotatable bonds is 61. The van der Waals surface area contributed by atoms with E-state index in [2.05, 4.69) is 118 Å². The fourth-order valence-corrected chi connectivity index (χ4v) is 9.54. The van der Waals surface area contributed by atoms with E-state index in [0.29, 0.717) is 19.3 Å². The molecule has 0 fully saturated rings. The molecule has 6 heteroatoms. The summed E-state index contributed by atoms with van der Waals surface area (Å²) in [6.45, 7) is 6.51. The minimum absolute atomic E-state index is 0.0915. The van der Waals surface area contributed by atoms with E-state index in [9.17, 15) is 14.4 Å². The van der Waals surface area contributed by atoms with Crippen molar-refractivity contribution in [3.63, 3.8) is 0 Å². The third kappa shape index (κ3) is 65.0. The fraction of sp³-hybridized carbons (Fsp3) is 0.740. The minimum atomic E-state index is -0.799. The lowest BCUT2D eigenvalue weighted by Gasteiger charge is -2.18. The molecule has 0 amide bonds. The quantitative estimate of drug-likeness (QED) is 0.0261. The van der Waals surface area contributed by atoms with Crippen molar-refractivity contribution in [2.24, 2.45) is 0 Å². The summed E-state index contributed by atoms with van der Waals surface area (Å²) >= 11 is 0. The second-order valence-corrected chi connectivity index (χ2v) is 22.4. The van der Waals surface area contributed by atoms with Crippen LogP contribution in [0.1, 0.15) is 329 Å². The normalized spacial score (nSPS) is 12.7. The highest BCUT2D eigenvalue weighted by Crippen LogP contribution is 2.17. The molecule has 0 radical (unpaired) electrons. The Balaban J connectivity index is 4.44. The number of hydrogen-bond acceptors (Lipinski definition) is 6. The van der Waals surface area contributed by atoms with Crippen molar-refractivity contribution in [1.29, 1.82) is 0 Å². The van der Waals surface area contributed by atoms with Crippen molar-refractivity contribution in [3.05, 3.63) is 97.2 Å². The first-order valence-corrected chi connectivity index (χ1v) is 33.7. The van der Waals surface area contributed by atoms with Crippen molar-refractivity contribution >= 4 is 17.9 Å². The van der Waals surface area contributed by atoms with Crippen molar-refractivity contribution in [3.8, 4) is 0 Å². The third-order valence-electron chi connectivity index (χ3n) is 14.6. The van der Waals surface area contributed by atoms with Crippen molar-refractivity contribution in [1.82, 2.24) is 0 Å². The second-order valence-electron chi connectivity index (χ2n) is 22.4. The molecule has 1 atom stereocenters. The molecule has 79 heavy (non-hydrogen) atoms. The van der Waals surface area contributed by atoms with Crippen LogP contribution in [0.4, 0.5) is 0 Å². The van der Waals surface area contributed by atoms with Gasteiger partial charge in [0, 0.05) is 19.3 Å². The van der Waals surface area contributed by atoms with E-state index in [1.807, 2.05) is 0 Å². The lowest BCUT2D eigenvalue weighted by atomic mass is 10.0. The van der Waals surface area contributed by atoms with E-state index >= 15 is 0 Å². The van der Waals surface area contributed by atoms with Gasteiger partial charge < -0.3 is 14.2 Å². The van der Waals surface area contributed by atoms with Crippen LogP contribution in [-0.4, -0.2) is 37.2 Å². The van der Waals surface area contributed by atoms with E-state index in [1.165, 1.54) is 186 Å². The van der Waals surface area contributed by atoms with E-state index in [4.69, 9.17) is 14.2 Å². The average Bonchev–Trinajstić information content (AvgIpc) is 3.45. The molecule has 1 unspecified atom stereocenters. The van der Waals surface area contributed by atoms with Gasteiger partial charge in [-0.1, -0.05) is 304 Å². The molecule has 0 saturated heterocycles. The van der Waals surface area contributed by atoms with E-state index in [1.54, 1.807) is 0 Å². The van der Waals surface area contributed by atoms with Gasteiger partial charge in [0.15, 0.2) is 6.10 Å². The summed E-state index contributed by atoms with van der Waals surface area (Å²) in [4.78, 5) is 38.4. The first kappa shape index (κ1) is 75.3. The Labute approximate surface area is 489 Å². The Bertz CT molecular complexity index is 1540. The number of carbonyl (C=O) groups excluding carboxylic acids is 3. The van der Waals surface area contributed by atoms with Crippen molar-refractivity contribution in [2.75, 3.05) is 13.2 Å². The fourth-order valence-electron chi connectivity index (χ4n) is 9.54. The zero-order valence-electron chi connectivity index (χ0n) is 52.1. The zero-order valence-corrected chi connectivity index (χ0v) is 52.1. The first-order chi connectivity index (χ1) is 39.0. The second kappa shape index (κ2) is 66.8. The predicted molar refractivity (Wildman–Crippen MR) is 344 cm³/mol. The SMILES string of the molecule is CC/C=C\C/C=C\C/C=C\C/C=C\C/C=C\C/C=C\CCCCC(=O)OCC(COC(=O)CCCCCCCCCCC/C=C\C/C=C\CCCCC)OC(=O)CCCCCCCCCCCCCCCCCCCCCCC. The molecule has 0 aromatic rings. The molecule has 0 aliphatic heterocycles. The zero-order chi connectivity index (χ0) is 57.1. The number of hydrogen-bond donors (Lipinski definition) is 0. The molecular weight excluding hydrogens is 973 g/mol. The Hall–Kier alpha value is -3.67. The Morgan fingerprint density at radius 1 is 0.266 bits per heavy atom. The van der Waals surface area contributed by atoms with Crippen LogP contribution in [0, 0.1) is 0 Å². The summed E-state index contributed by atoms with van der Waals surface area (Å²) in [5.41, 5.74) is 0. The maximum absolute atomic E-state index is 13.0. The number of unbranched alkanes of at least 4 members (excludes halogenated alkanes) is 34. The molecule has 0 bridgehead atoms. The summed E-state index contributed by atoms with van der Waals surface area (Å²) in [7, 11) is 0. The van der Waals surface area contributed by atoms with Gasteiger partial charge in [-0.15, -0.1) is 0 Å². The van der Waals surface area contributed by atoms with Crippen LogP contribution in [0.2, 0.25) is 0 Å². The topological polar surface area (TPSA) is 78.9 Å². The van der Waals surface area contributed by atoms with Crippen LogP contribution in [0.3, 0.4) is 0 Å². The minimum Gasteiger partial charge on any atom is -0.462 e. The summed E-state index contributed by atoms with van der Waals surface area (Å²) in [5, 5.41) is 0. The van der Waals surface area contributed by atoms with Crippen LogP contribution in [0.5, 0.6) is 0 Å². The van der Waals surface area contributed by atoms with Gasteiger partial charge in [-0.2, -0.15) is 0 Å². The average molecular weight is 1100 g/mol. The Kier molecular flexibility index (Phi) is 63.7. The number of allylic oxidation sites excluding steroid dienone is 16. The van der Waals surface area contributed by atoms with Gasteiger partial charge in [0.05, 0.1) is 0 Å². The van der Waals surface area contributed by atoms with Crippen LogP contribution in [-0.2, 0) is 28.6 Å². The maximum Gasteiger partial charge on any atom is 0.306 e. The van der Waals surface area contributed by atoms with Crippen LogP contribution in [0.25, 0.3) is 0 Å². The number of esters is 3. The molecule has 0 saturated carbocycles. The Morgan fingerprint density at radius 3 is 0.823 bits per heavy atom. The third-order valence-corrected chi connectivity index (χ3v) is 14.6. The van der Waals surface area contributed by atoms with Gasteiger partial charge in [0.2, 0.25) is 0 Å². The van der Waals surface area contributed by atoms with Gasteiger partial charge in [0.25, 0.3) is 0 Å². The molecule has 0 rings (SSSR count). The summed E-state index contributed by atoms with van der Waals surface area (Å²) in [5.74, 6) is -0.925. The molecule has 0 spiro atoms. The van der Waals surface area contributed by atoms with Crippen LogP contribution < -0.4 is 0 Å². The van der Waals surface area contributed by atoms with Gasteiger partial charge in [-0.3, -0.25) is 14.4 Å². The molecular formula is C73H126O6. The van der Waals surface area contributed by atoms with Crippen molar-refractivity contribution < 1.29 is 28.6 Å². The van der Waals surface area contributed by atoms with Gasteiger partial charge in [-0.25, -0.2) is 0 Å². The van der Waals surface area contributed by atoms with E-state index in [0.717, 1.165) is 103 Å². The van der Waals surface area contributed by atoms with Crippen molar-refractivity contribution in [2.45, 2.75) is 335 Å². The first-order valence-electron chi connectivity index (χ1n) is 33.7. The lowest BCUT2D eigenvalue weighted by molar-refractivity contribution is -0.167. The molecule has 0 aliphatic carbocycles. The van der Waals surface area contributed by atoms with Gasteiger partial charge in [-0.05, 0) is 103 Å². The smallest absolute Gasteiger partial charge is 0.306 e. The van der Waals surface area contributed by atoms with Crippen LogP contribution >= 0.6 is 0 Å². The van der Waals surface area contributed by atoms with E-state index < -0.39 is 6.10 Å². The molecule has 0 heterocycles. The molecule has 0 aromatic carbocycles. The number of carbonyl (C=O) groups is 3. The summed E-state index contributed by atoms with van der Waals surface area (Å²) in [6, 6.07) is 0. The maximum atomic E-state index is 13.0. The molecule has 0 aromatic heterocycles. The standard InChI is InChI=1S/C73H126O6/c1-4-7-10-13-16-19-22-25-28-31-34-36-39-42-45-48-51-54-57-60-63-66-72(75)78-69-70(68-77-71(74)65-62-59-56-53-50-47-44-41-38-33-30-27-24-21-18-15-12-9-6-3)79-73(76)67-64-61-58-55-52-49-46-43-40-37-35-32-29-26-23-20-17-14-11-8-5-2/h7,10,16,18-19,21,25,27-28,30,34,36,42,45,51,54,70H,4-6,8-9,11-15,17,20,22-24,26,29,31-33,35,37-41,43-44,46-50,52-53,55-69H2,1-3H3/b10-7-,19-16-,21-18-,28-25-,30-27-,36-34-,45-42-,54-51-. The highest BCUT2D eigenvalue weighted by atomic mass is 16.6. The highest BCUT2D eigenvalue weighted by molar-refractivity contribution is 5.71. The molecule has 0 N–H and O–H groups in total. The van der Waals surface area contributed by atoms with E-state index in [-0.39, 0.29) is 31.1 Å². The lowest BCUT2D eigenvalue weighted by Crippen LogP contribution is -2.30. The molecule has 6 nitrogen and oxygen atoms in total. The molecule has 454 valence electrons. The summed E-state index contributed by atoms with van der Waals surface area (Å²) < 4.78 is 16.9. The predicted octanol–water partition coefficient (Wildman–Crippen LogP) is 23.2.